The maximum Gasteiger partial charge on any atom is -0.00150 e. The van der Waals surface area contributed by atoms with E-state index in [1.807, 2.05) is 0 Å². The Bertz CT molecular complexity index is 236. The first-order chi connectivity index (χ1) is 8.18. The Hall–Kier alpha value is -0.0400. The van der Waals surface area contributed by atoms with E-state index in [1.54, 1.807) is 0 Å². The molecule has 2 saturated carbocycles. The largest absolute Gasteiger partial charge is 0.316 e. The van der Waals surface area contributed by atoms with Crippen molar-refractivity contribution in [1.29, 1.82) is 0 Å². The van der Waals surface area contributed by atoms with E-state index >= 15 is 0 Å². The predicted octanol–water partition coefficient (Wildman–Crippen LogP) is 4.23. The van der Waals surface area contributed by atoms with Gasteiger partial charge < -0.3 is 5.32 Å². The van der Waals surface area contributed by atoms with E-state index in [1.165, 1.54) is 58.0 Å². The van der Waals surface area contributed by atoms with Gasteiger partial charge in [0.05, 0.1) is 0 Å². The summed E-state index contributed by atoms with van der Waals surface area (Å²) in [7, 11) is 0. The molecule has 0 aromatic carbocycles. The van der Waals surface area contributed by atoms with Crippen molar-refractivity contribution in [1.82, 2.24) is 5.32 Å². The minimum Gasteiger partial charge on any atom is -0.316 e. The molecule has 0 aromatic heterocycles. The van der Waals surface area contributed by atoms with Crippen molar-refractivity contribution < 1.29 is 0 Å². The van der Waals surface area contributed by atoms with Gasteiger partial charge >= 0.3 is 0 Å². The minimum atomic E-state index is 0.782. The molecule has 1 N–H and O–H groups in total. The van der Waals surface area contributed by atoms with E-state index in [0.29, 0.717) is 0 Å². The van der Waals surface area contributed by atoms with Crippen molar-refractivity contribution in [3.8, 4) is 0 Å². The molecule has 1 heteroatoms. The molecule has 0 heterocycles. The van der Waals surface area contributed by atoms with Gasteiger partial charge in [0.1, 0.15) is 0 Å². The Kier molecular flexibility index (Phi) is 4.52. The van der Waals surface area contributed by atoms with Crippen molar-refractivity contribution >= 4 is 0 Å². The Morgan fingerprint density at radius 1 is 1.24 bits per heavy atom. The van der Waals surface area contributed by atoms with Crippen LogP contribution in [0.1, 0.15) is 65.7 Å². The summed E-state index contributed by atoms with van der Waals surface area (Å²) in [5.41, 5.74) is 0.782. The summed E-state index contributed by atoms with van der Waals surface area (Å²) >= 11 is 0. The molecule has 2 aliphatic rings. The maximum absolute atomic E-state index is 3.62. The van der Waals surface area contributed by atoms with Gasteiger partial charge in [-0.3, -0.25) is 0 Å². The summed E-state index contributed by atoms with van der Waals surface area (Å²) in [6.45, 7) is 9.58. The smallest absolute Gasteiger partial charge is 0.00150 e. The van der Waals surface area contributed by atoms with Gasteiger partial charge in [-0.1, -0.05) is 33.6 Å². The second kappa shape index (κ2) is 5.73. The Morgan fingerprint density at radius 3 is 2.76 bits per heavy atom. The van der Waals surface area contributed by atoms with Crippen LogP contribution in [-0.4, -0.2) is 13.1 Å². The zero-order chi connectivity index (χ0) is 12.3. The number of rotatable bonds is 5. The number of hydrogen-bond acceptors (Lipinski definition) is 1. The molecule has 0 aromatic rings. The van der Waals surface area contributed by atoms with Crippen LogP contribution in [0.5, 0.6) is 0 Å². The van der Waals surface area contributed by atoms with E-state index in [2.05, 4.69) is 26.1 Å². The molecule has 3 unspecified atom stereocenters. The van der Waals surface area contributed by atoms with Crippen molar-refractivity contribution in [3.05, 3.63) is 0 Å². The second-order valence-electron chi connectivity index (χ2n) is 6.90. The molecule has 0 radical (unpaired) electrons. The number of hydrogen-bond donors (Lipinski definition) is 1. The molecule has 0 bridgehead atoms. The van der Waals surface area contributed by atoms with Gasteiger partial charge in [-0.2, -0.15) is 0 Å². The second-order valence-corrected chi connectivity index (χ2v) is 6.90. The SMILES string of the molecule is CCCNCC1CC12CCCC(C(C)C)CC2. The molecule has 3 atom stereocenters. The van der Waals surface area contributed by atoms with Crippen LogP contribution in [0.2, 0.25) is 0 Å². The van der Waals surface area contributed by atoms with Gasteiger partial charge in [-0.05, 0) is 68.4 Å². The fourth-order valence-corrected chi connectivity index (χ4v) is 3.91. The highest BCUT2D eigenvalue weighted by molar-refractivity contribution is 5.04. The van der Waals surface area contributed by atoms with Gasteiger partial charge in [-0.25, -0.2) is 0 Å². The lowest BCUT2D eigenvalue weighted by molar-refractivity contribution is 0.326. The summed E-state index contributed by atoms with van der Waals surface area (Å²) in [4.78, 5) is 0. The predicted molar refractivity (Wildman–Crippen MR) is 75.1 cm³/mol. The van der Waals surface area contributed by atoms with Crippen LogP contribution in [-0.2, 0) is 0 Å². The van der Waals surface area contributed by atoms with Crippen molar-refractivity contribution in [2.24, 2.45) is 23.2 Å². The van der Waals surface area contributed by atoms with Crippen LogP contribution in [0, 0.1) is 23.2 Å². The molecule has 0 saturated heterocycles. The lowest BCUT2D eigenvalue weighted by atomic mass is 9.87. The monoisotopic (exact) mass is 237 g/mol. The summed E-state index contributed by atoms with van der Waals surface area (Å²) in [5.74, 6) is 2.93. The molecule has 1 nitrogen and oxygen atoms in total. The highest BCUT2D eigenvalue weighted by atomic mass is 14.9. The highest BCUT2D eigenvalue weighted by Crippen LogP contribution is 2.61. The fraction of sp³-hybridized carbons (Fsp3) is 1.00. The molecular formula is C16H31N. The molecule has 2 aliphatic carbocycles. The Balaban J connectivity index is 1.76. The van der Waals surface area contributed by atoms with E-state index in [-0.39, 0.29) is 0 Å². The molecule has 0 amide bonds. The standard InChI is InChI=1S/C16H31N/c1-4-10-17-12-15-11-16(15)8-5-6-14(7-9-16)13(2)3/h13-15,17H,4-12H2,1-3H3. The zero-order valence-corrected chi connectivity index (χ0v) is 12.1. The van der Waals surface area contributed by atoms with E-state index in [9.17, 15) is 0 Å². The third-order valence-electron chi connectivity index (χ3n) is 5.38. The first kappa shape index (κ1) is 13.4. The van der Waals surface area contributed by atoms with Crippen LogP contribution in [0.15, 0.2) is 0 Å². The Morgan fingerprint density at radius 2 is 2.06 bits per heavy atom. The maximum atomic E-state index is 3.62. The number of nitrogens with one attached hydrogen (secondary N) is 1. The third-order valence-corrected chi connectivity index (χ3v) is 5.38. The summed E-state index contributed by atoms with van der Waals surface area (Å²) in [5, 5.41) is 3.62. The first-order valence-electron chi connectivity index (χ1n) is 7.88. The van der Waals surface area contributed by atoms with Crippen LogP contribution < -0.4 is 5.32 Å². The van der Waals surface area contributed by atoms with Crippen LogP contribution >= 0.6 is 0 Å². The minimum absolute atomic E-state index is 0.782. The lowest BCUT2D eigenvalue weighted by Gasteiger charge is -2.18. The first-order valence-corrected chi connectivity index (χ1v) is 7.88. The van der Waals surface area contributed by atoms with E-state index < -0.39 is 0 Å². The van der Waals surface area contributed by atoms with Crippen LogP contribution in [0.25, 0.3) is 0 Å². The quantitative estimate of drug-likeness (QED) is 0.706. The normalized spacial score (nSPS) is 37.4. The fourth-order valence-electron chi connectivity index (χ4n) is 3.91. The van der Waals surface area contributed by atoms with Crippen LogP contribution in [0.4, 0.5) is 0 Å². The summed E-state index contributed by atoms with van der Waals surface area (Å²) < 4.78 is 0. The van der Waals surface area contributed by atoms with Gasteiger partial charge in [-0.15, -0.1) is 0 Å². The summed E-state index contributed by atoms with van der Waals surface area (Å²) in [6, 6.07) is 0. The van der Waals surface area contributed by atoms with Crippen molar-refractivity contribution in [3.63, 3.8) is 0 Å². The zero-order valence-electron chi connectivity index (χ0n) is 12.1. The molecule has 2 fully saturated rings. The highest BCUT2D eigenvalue weighted by Gasteiger charge is 2.52. The summed E-state index contributed by atoms with van der Waals surface area (Å²) in [6.07, 6.45) is 10.3. The molecule has 0 aliphatic heterocycles. The van der Waals surface area contributed by atoms with E-state index in [0.717, 1.165) is 23.2 Å². The van der Waals surface area contributed by atoms with Gasteiger partial charge in [0.2, 0.25) is 0 Å². The van der Waals surface area contributed by atoms with Gasteiger partial charge in [0.25, 0.3) is 0 Å². The average molecular weight is 237 g/mol. The van der Waals surface area contributed by atoms with Crippen molar-refractivity contribution in [2.75, 3.05) is 13.1 Å². The average Bonchev–Trinajstić information content (AvgIpc) is 3.02. The van der Waals surface area contributed by atoms with Gasteiger partial charge in [0.15, 0.2) is 0 Å². The van der Waals surface area contributed by atoms with Gasteiger partial charge in [0, 0.05) is 0 Å². The molecular weight excluding hydrogens is 206 g/mol. The lowest BCUT2D eigenvalue weighted by Crippen LogP contribution is -2.20. The van der Waals surface area contributed by atoms with E-state index in [4.69, 9.17) is 0 Å². The van der Waals surface area contributed by atoms with Crippen LogP contribution in [0.3, 0.4) is 0 Å². The Labute approximate surface area is 108 Å². The molecule has 1 spiro atoms. The van der Waals surface area contributed by atoms with Crippen molar-refractivity contribution in [2.45, 2.75) is 65.7 Å². The topological polar surface area (TPSA) is 12.0 Å². The third kappa shape index (κ3) is 3.24. The molecule has 2 rings (SSSR count). The molecule has 17 heavy (non-hydrogen) atoms. The molecule has 100 valence electrons.